The van der Waals surface area contributed by atoms with Crippen LogP contribution in [0.1, 0.15) is 47.6 Å². The number of ether oxygens (including phenoxy) is 3. The summed E-state index contributed by atoms with van der Waals surface area (Å²) >= 11 is 1.63. The quantitative estimate of drug-likeness (QED) is 0.0823. The summed E-state index contributed by atoms with van der Waals surface area (Å²) in [6, 6.07) is 22.7. The van der Waals surface area contributed by atoms with E-state index in [-0.39, 0.29) is 24.3 Å². The summed E-state index contributed by atoms with van der Waals surface area (Å²) in [6.45, 7) is 5.08. The molecule has 3 aromatic carbocycles. The third-order valence-corrected chi connectivity index (χ3v) is 11.5. The third kappa shape index (κ3) is 8.26. The highest BCUT2D eigenvalue weighted by Gasteiger charge is 2.39. The van der Waals surface area contributed by atoms with Gasteiger partial charge in [0.2, 0.25) is 11.8 Å². The molecule has 0 saturated carbocycles. The molecular formula is C41H44N8O6S. The molecule has 14 nitrogen and oxygen atoms in total. The van der Waals surface area contributed by atoms with E-state index in [2.05, 4.69) is 20.2 Å². The molecule has 0 aliphatic carbocycles. The number of nitrogens with two attached hydrogens (primary N) is 1. The lowest BCUT2D eigenvalue weighted by atomic mass is 10.0. The van der Waals surface area contributed by atoms with Crippen LogP contribution in [0.4, 0.5) is 5.82 Å². The van der Waals surface area contributed by atoms with Crippen molar-refractivity contribution in [2.24, 2.45) is 0 Å². The van der Waals surface area contributed by atoms with Crippen LogP contribution in [0, 0.1) is 0 Å². The topological polar surface area (TPSA) is 167 Å². The van der Waals surface area contributed by atoms with Crippen LogP contribution >= 0.6 is 11.8 Å². The SMILES string of the molecule is Nc1ncnc2c1c(-c1ccc(Oc3ccccc3)cc1)nn2[C@@H]1CCCN(CCOCCOCCSc2cccc3c2CN(C2CCC(=O)NC2=O)C3=O)C1. The summed E-state index contributed by atoms with van der Waals surface area (Å²) in [4.78, 5) is 51.0. The highest BCUT2D eigenvalue weighted by molar-refractivity contribution is 7.99. The molecule has 1 unspecified atom stereocenters. The molecule has 5 aromatic rings. The van der Waals surface area contributed by atoms with Gasteiger partial charge < -0.3 is 24.8 Å². The minimum atomic E-state index is -0.624. The maximum atomic E-state index is 13.1. The fraction of sp³-hybridized carbons (Fsp3) is 0.366. The van der Waals surface area contributed by atoms with Crippen LogP contribution in [0.5, 0.6) is 11.5 Å². The molecule has 290 valence electrons. The third-order valence-electron chi connectivity index (χ3n) is 10.4. The van der Waals surface area contributed by atoms with Crippen molar-refractivity contribution in [3.63, 3.8) is 0 Å². The smallest absolute Gasteiger partial charge is 0.255 e. The minimum absolute atomic E-state index is 0.125. The molecule has 2 aromatic heterocycles. The average Bonchev–Trinajstić information content (AvgIpc) is 3.77. The van der Waals surface area contributed by atoms with Crippen LogP contribution in [0.25, 0.3) is 22.3 Å². The van der Waals surface area contributed by atoms with Crippen molar-refractivity contribution >= 4 is 46.3 Å². The van der Waals surface area contributed by atoms with Gasteiger partial charge in [0.15, 0.2) is 5.65 Å². The summed E-state index contributed by atoms with van der Waals surface area (Å²) in [6.07, 6.45) is 4.09. The molecular weight excluding hydrogens is 733 g/mol. The average molecular weight is 777 g/mol. The Morgan fingerprint density at radius 1 is 0.875 bits per heavy atom. The molecule has 5 heterocycles. The number of benzene rings is 3. The fourth-order valence-electron chi connectivity index (χ4n) is 7.61. The Morgan fingerprint density at radius 3 is 2.50 bits per heavy atom. The second kappa shape index (κ2) is 17.2. The first-order chi connectivity index (χ1) is 27.4. The fourth-order valence-corrected chi connectivity index (χ4v) is 8.55. The van der Waals surface area contributed by atoms with E-state index >= 15 is 0 Å². The standard InChI is InChI=1S/C41H44N8O6S/c42-38-36-37(27-11-13-30(14-12-27)55-29-7-2-1-3-8-29)46-49(39(36)44-26-43-38)28-6-5-17-47(24-28)18-19-53-20-21-54-22-23-56-34-10-4-9-31-32(34)25-48(41(31)52)33-15-16-35(50)45-40(33)51/h1-4,7-14,26,28,33H,5-6,15-25H2,(H2,42,43,44)(H,45,50,51)/t28-,33?/m1/s1. The Morgan fingerprint density at radius 2 is 1.68 bits per heavy atom. The van der Waals surface area contributed by atoms with E-state index in [1.54, 1.807) is 22.7 Å². The number of carbonyl (C=O) groups is 3. The van der Waals surface area contributed by atoms with Gasteiger partial charge in [-0.15, -0.1) is 11.8 Å². The number of hydrogen-bond donors (Lipinski definition) is 2. The summed E-state index contributed by atoms with van der Waals surface area (Å²) in [5.41, 5.74) is 10.4. The number of para-hydroxylation sites is 1. The summed E-state index contributed by atoms with van der Waals surface area (Å²) in [7, 11) is 0. The van der Waals surface area contributed by atoms with E-state index in [4.69, 9.17) is 25.0 Å². The summed E-state index contributed by atoms with van der Waals surface area (Å²) < 4.78 is 19.8. The molecule has 3 N–H and O–H groups in total. The normalized spacial score (nSPS) is 18.7. The van der Waals surface area contributed by atoms with Gasteiger partial charge in [-0.25, -0.2) is 14.6 Å². The van der Waals surface area contributed by atoms with Crippen molar-refractivity contribution in [3.05, 3.63) is 90.3 Å². The zero-order valence-corrected chi connectivity index (χ0v) is 31.8. The number of anilines is 1. The number of likely N-dealkylation sites (tertiary alicyclic amines) is 1. The number of nitrogens with one attached hydrogen (secondary N) is 1. The van der Waals surface area contributed by atoms with Gasteiger partial charge in [0.1, 0.15) is 35.4 Å². The molecule has 3 aliphatic rings. The molecule has 3 amide bonds. The summed E-state index contributed by atoms with van der Waals surface area (Å²) in [5, 5.41) is 8.19. The van der Waals surface area contributed by atoms with E-state index in [1.165, 1.54) is 6.33 Å². The number of fused-ring (bicyclic) bond motifs is 2. The van der Waals surface area contributed by atoms with Crippen LogP contribution < -0.4 is 15.8 Å². The Bertz CT molecular complexity index is 2200. The predicted molar refractivity (Wildman–Crippen MR) is 211 cm³/mol. The van der Waals surface area contributed by atoms with Crippen LogP contribution in [-0.4, -0.2) is 105 Å². The molecule has 2 atom stereocenters. The number of hydrogen-bond acceptors (Lipinski definition) is 12. The first-order valence-electron chi connectivity index (χ1n) is 19.0. The van der Waals surface area contributed by atoms with E-state index in [0.717, 1.165) is 76.7 Å². The highest BCUT2D eigenvalue weighted by Crippen LogP contribution is 2.36. The number of piperidine rings is 2. The number of imide groups is 1. The van der Waals surface area contributed by atoms with Gasteiger partial charge in [0.25, 0.3) is 5.91 Å². The van der Waals surface area contributed by atoms with Crippen molar-refractivity contribution in [2.75, 3.05) is 57.5 Å². The molecule has 0 bridgehead atoms. The predicted octanol–water partition coefficient (Wildman–Crippen LogP) is 5.09. The van der Waals surface area contributed by atoms with Gasteiger partial charge in [0, 0.05) is 47.8 Å². The lowest BCUT2D eigenvalue weighted by molar-refractivity contribution is -0.136. The molecule has 0 spiro atoms. The molecule has 15 heteroatoms. The Labute approximate surface area is 328 Å². The largest absolute Gasteiger partial charge is 0.457 e. The lowest BCUT2D eigenvalue weighted by Crippen LogP contribution is -2.52. The van der Waals surface area contributed by atoms with Gasteiger partial charge in [-0.1, -0.05) is 24.3 Å². The van der Waals surface area contributed by atoms with Crippen molar-refractivity contribution in [2.45, 2.75) is 49.2 Å². The van der Waals surface area contributed by atoms with Crippen molar-refractivity contribution < 1.29 is 28.6 Å². The van der Waals surface area contributed by atoms with Crippen molar-refractivity contribution in [3.8, 4) is 22.8 Å². The van der Waals surface area contributed by atoms with Gasteiger partial charge in [-0.05, 0) is 79.9 Å². The molecule has 56 heavy (non-hydrogen) atoms. The van der Waals surface area contributed by atoms with Crippen LogP contribution in [0.15, 0.2) is 84.0 Å². The van der Waals surface area contributed by atoms with E-state index < -0.39 is 11.9 Å². The highest BCUT2D eigenvalue weighted by atomic mass is 32.2. The lowest BCUT2D eigenvalue weighted by Gasteiger charge is -2.32. The Balaban J connectivity index is 0.782. The number of aromatic nitrogens is 4. The number of amides is 3. The molecule has 8 rings (SSSR count). The van der Waals surface area contributed by atoms with Gasteiger partial charge in [-0.2, -0.15) is 5.10 Å². The van der Waals surface area contributed by atoms with Crippen LogP contribution in [0.3, 0.4) is 0 Å². The molecule has 3 aliphatic heterocycles. The first-order valence-corrected chi connectivity index (χ1v) is 20.0. The second-order valence-electron chi connectivity index (χ2n) is 14.0. The van der Waals surface area contributed by atoms with Gasteiger partial charge in [-0.3, -0.25) is 24.6 Å². The van der Waals surface area contributed by atoms with E-state index in [1.807, 2.05) is 71.4 Å². The first kappa shape index (κ1) is 37.6. The number of nitrogen functional groups attached to an aromatic ring is 1. The monoisotopic (exact) mass is 776 g/mol. The number of carbonyl (C=O) groups excluding carboxylic acids is 3. The maximum absolute atomic E-state index is 13.1. The van der Waals surface area contributed by atoms with E-state index in [9.17, 15) is 14.4 Å². The zero-order valence-electron chi connectivity index (χ0n) is 31.0. The van der Waals surface area contributed by atoms with Gasteiger partial charge >= 0.3 is 0 Å². The molecule has 0 radical (unpaired) electrons. The van der Waals surface area contributed by atoms with Crippen molar-refractivity contribution in [1.29, 1.82) is 0 Å². The van der Waals surface area contributed by atoms with Gasteiger partial charge in [0.05, 0.1) is 37.9 Å². The summed E-state index contributed by atoms with van der Waals surface area (Å²) in [5.74, 6) is 1.77. The van der Waals surface area contributed by atoms with Crippen LogP contribution in [0.2, 0.25) is 0 Å². The number of nitrogens with zero attached hydrogens (tertiary/aromatic N) is 6. The maximum Gasteiger partial charge on any atom is 0.255 e. The molecule has 2 fully saturated rings. The number of rotatable bonds is 15. The Hall–Kier alpha value is -5.35. The second-order valence-corrected chi connectivity index (χ2v) is 15.2. The zero-order chi connectivity index (χ0) is 38.4. The number of thioether (sulfide) groups is 1. The van der Waals surface area contributed by atoms with Crippen molar-refractivity contribution in [1.82, 2.24) is 34.9 Å². The molecule has 2 saturated heterocycles. The minimum Gasteiger partial charge on any atom is -0.457 e. The Kier molecular flexibility index (Phi) is 11.5. The van der Waals surface area contributed by atoms with E-state index in [0.29, 0.717) is 56.5 Å². The van der Waals surface area contributed by atoms with Crippen LogP contribution in [-0.2, 0) is 25.6 Å².